The molecule has 0 atom stereocenters. The highest BCUT2D eigenvalue weighted by atomic mass is 16.3. The summed E-state index contributed by atoms with van der Waals surface area (Å²) in [5, 5.41) is 3.42. The molecule has 1 aliphatic heterocycles. The number of likely N-dealkylation sites (tertiary alicyclic amines) is 1. The summed E-state index contributed by atoms with van der Waals surface area (Å²) in [7, 11) is 4.36. The lowest BCUT2D eigenvalue weighted by Gasteiger charge is -2.34. The van der Waals surface area contributed by atoms with Crippen LogP contribution in [0.1, 0.15) is 38.0 Å². The van der Waals surface area contributed by atoms with Gasteiger partial charge in [0.25, 0.3) is 0 Å². The van der Waals surface area contributed by atoms with Gasteiger partial charge in [0.15, 0.2) is 0 Å². The second-order valence-corrected chi connectivity index (χ2v) is 6.43. The van der Waals surface area contributed by atoms with E-state index in [9.17, 15) is 0 Å². The summed E-state index contributed by atoms with van der Waals surface area (Å²) < 4.78 is 5.68. The Kier molecular flexibility index (Phi) is 5.64. The Morgan fingerprint density at radius 2 is 2.05 bits per heavy atom. The second kappa shape index (κ2) is 7.25. The minimum atomic E-state index is 0.512. The third-order valence-electron chi connectivity index (χ3n) is 4.09. The van der Waals surface area contributed by atoms with E-state index in [-0.39, 0.29) is 0 Å². The van der Waals surface area contributed by atoms with Gasteiger partial charge in [-0.05, 0) is 33.0 Å². The Hall–Kier alpha value is -0.840. The molecule has 0 aliphatic carbocycles. The van der Waals surface area contributed by atoms with Crippen molar-refractivity contribution >= 4 is 0 Å². The molecule has 2 heterocycles. The summed E-state index contributed by atoms with van der Waals surface area (Å²) in [5.41, 5.74) is 1.25. The number of rotatable bonds is 6. The lowest BCUT2D eigenvalue weighted by Crippen LogP contribution is -2.41. The van der Waals surface area contributed by atoms with Gasteiger partial charge in [0.2, 0.25) is 0 Å². The van der Waals surface area contributed by atoms with Crippen molar-refractivity contribution in [2.45, 2.75) is 51.9 Å². The van der Waals surface area contributed by atoms with Crippen molar-refractivity contribution in [1.29, 1.82) is 0 Å². The average Bonchev–Trinajstić information content (AvgIpc) is 2.84. The van der Waals surface area contributed by atoms with Gasteiger partial charge in [-0.3, -0.25) is 4.90 Å². The Bertz CT molecular complexity index is 392. The van der Waals surface area contributed by atoms with Crippen molar-refractivity contribution in [2.75, 3.05) is 27.2 Å². The van der Waals surface area contributed by atoms with E-state index in [4.69, 9.17) is 4.42 Å². The molecular formula is C16H29N3O. The van der Waals surface area contributed by atoms with Gasteiger partial charge in [0.05, 0.1) is 12.8 Å². The van der Waals surface area contributed by atoms with Crippen LogP contribution >= 0.6 is 0 Å². The van der Waals surface area contributed by atoms with Gasteiger partial charge < -0.3 is 14.6 Å². The fourth-order valence-electron chi connectivity index (χ4n) is 2.74. The summed E-state index contributed by atoms with van der Waals surface area (Å²) in [6, 6.07) is 3.44. The van der Waals surface area contributed by atoms with Gasteiger partial charge in [0, 0.05) is 37.3 Å². The smallest absolute Gasteiger partial charge is 0.118 e. The van der Waals surface area contributed by atoms with Crippen LogP contribution in [-0.4, -0.2) is 49.1 Å². The summed E-state index contributed by atoms with van der Waals surface area (Å²) in [6.45, 7) is 8.50. The number of furan rings is 1. The van der Waals surface area contributed by atoms with E-state index in [1.807, 2.05) is 6.26 Å². The van der Waals surface area contributed by atoms with Crippen molar-refractivity contribution in [3.05, 3.63) is 23.7 Å². The summed E-state index contributed by atoms with van der Waals surface area (Å²) >= 11 is 0. The van der Waals surface area contributed by atoms with Crippen LogP contribution in [0, 0.1) is 0 Å². The first-order valence-corrected chi connectivity index (χ1v) is 7.73. The number of nitrogens with one attached hydrogen (secondary N) is 1. The molecule has 114 valence electrons. The molecule has 1 aromatic heterocycles. The van der Waals surface area contributed by atoms with Crippen molar-refractivity contribution in [3.63, 3.8) is 0 Å². The van der Waals surface area contributed by atoms with Crippen LogP contribution in [0.4, 0.5) is 0 Å². The monoisotopic (exact) mass is 279 g/mol. The van der Waals surface area contributed by atoms with E-state index in [1.54, 1.807) is 0 Å². The fourth-order valence-corrected chi connectivity index (χ4v) is 2.74. The highest BCUT2D eigenvalue weighted by Crippen LogP contribution is 2.17. The topological polar surface area (TPSA) is 31.7 Å². The third kappa shape index (κ3) is 4.62. The maximum Gasteiger partial charge on any atom is 0.118 e. The quantitative estimate of drug-likeness (QED) is 0.866. The molecule has 0 spiro atoms. The number of hydrogen-bond acceptors (Lipinski definition) is 4. The van der Waals surface area contributed by atoms with E-state index >= 15 is 0 Å². The molecule has 4 heteroatoms. The third-order valence-corrected chi connectivity index (χ3v) is 4.09. The van der Waals surface area contributed by atoms with Crippen LogP contribution in [0.25, 0.3) is 0 Å². The summed E-state index contributed by atoms with van der Waals surface area (Å²) in [6.07, 6.45) is 4.40. The molecule has 0 amide bonds. The van der Waals surface area contributed by atoms with Crippen LogP contribution in [0.3, 0.4) is 0 Å². The lowest BCUT2D eigenvalue weighted by atomic mass is 10.0. The molecule has 20 heavy (non-hydrogen) atoms. The molecule has 0 saturated carbocycles. The van der Waals surface area contributed by atoms with E-state index in [1.165, 1.54) is 31.5 Å². The van der Waals surface area contributed by atoms with Crippen LogP contribution in [0.15, 0.2) is 16.7 Å². The SMILES string of the molecule is CC(C)NCc1coc(CN2CCC(N(C)C)CC2)c1. The number of hydrogen-bond donors (Lipinski definition) is 1. The fraction of sp³-hybridized carbons (Fsp3) is 0.750. The maximum atomic E-state index is 5.68. The molecule has 1 N–H and O–H groups in total. The zero-order valence-electron chi connectivity index (χ0n) is 13.4. The van der Waals surface area contributed by atoms with Gasteiger partial charge in [-0.2, -0.15) is 0 Å². The summed E-state index contributed by atoms with van der Waals surface area (Å²) in [4.78, 5) is 4.85. The first-order chi connectivity index (χ1) is 9.54. The van der Waals surface area contributed by atoms with Gasteiger partial charge in [-0.1, -0.05) is 13.8 Å². The van der Waals surface area contributed by atoms with Crippen molar-refractivity contribution in [1.82, 2.24) is 15.1 Å². The Morgan fingerprint density at radius 1 is 1.35 bits per heavy atom. The summed E-state index contributed by atoms with van der Waals surface area (Å²) in [5.74, 6) is 1.09. The normalized spacial score (nSPS) is 18.3. The highest BCUT2D eigenvalue weighted by molar-refractivity contribution is 5.12. The van der Waals surface area contributed by atoms with Gasteiger partial charge in [-0.25, -0.2) is 0 Å². The van der Waals surface area contributed by atoms with Crippen LogP contribution < -0.4 is 5.32 Å². The van der Waals surface area contributed by atoms with E-state index < -0.39 is 0 Å². The zero-order valence-corrected chi connectivity index (χ0v) is 13.4. The Morgan fingerprint density at radius 3 is 2.65 bits per heavy atom. The first-order valence-electron chi connectivity index (χ1n) is 7.73. The minimum absolute atomic E-state index is 0.512. The van der Waals surface area contributed by atoms with Gasteiger partial charge in [-0.15, -0.1) is 0 Å². The van der Waals surface area contributed by atoms with E-state index in [2.05, 4.69) is 49.1 Å². The van der Waals surface area contributed by atoms with Crippen LogP contribution in [-0.2, 0) is 13.1 Å². The van der Waals surface area contributed by atoms with Crippen LogP contribution in [0.5, 0.6) is 0 Å². The molecule has 0 aromatic carbocycles. The average molecular weight is 279 g/mol. The van der Waals surface area contributed by atoms with Gasteiger partial charge in [0.1, 0.15) is 5.76 Å². The molecule has 1 aliphatic rings. The largest absolute Gasteiger partial charge is 0.468 e. The van der Waals surface area contributed by atoms with Gasteiger partial charge >= 0.3 is 0 Å². The van der Waals surface area contributed by atoms with Crippen molar-refractivity contribution in [3.8, 4) is 0 Å². The molecule has 1 fully saturated rings. The molecule has 4 nitrogen and oxygen atoms in total. The first kappa shape index (κ1) is 15.5. The molecule has 0 radical (unpaired) electrons. The number of nitrogens with zero attached hydrogens (tertiary/aromatic N) is 2. The minimum Gasteiger partial charge on any atom is -0.468 e. The lowest BCUT2D eigenvalue weighted by molar-refractivity contribution is 0.133. The second-order valence-electron chi connectivity index (χ2n) is 6.43. The highest BCUT2D eigenvalue weighted by Gasteiger charge is 2.21. The zero-order chi connectivity index (χ0) is 14.5. The van der Waals surface area contributed by atoms with E-state index in [0.717, 1.165) is 24.9 Å². The molecule has 1 saturated heterocycles. The Labute approximate surface area is 123 Å². The number of piperidine rings is 1. The van der Waals surface area contributed by atoms with Crippen molar-refractivity contribution < 1.29 is 4.42 Å². The molecule has 1 aromatic rings. The molecule has 2 rings (SSSR count). The predicted molar refractivity (Wildman–Crippen MR) is 82.7 cm³/mol. The van der Waals surface area contributed by atoms with Crippen molar-refractivity contribution in [2.24, 2.45) is 0 Å². The molecular weight excluding hydrogens is 250 g/mol. The molecule has 0 unspecified atom stereocenters. The maximum absolute atomic E-state index is 5.68. The molecule has 0 bridgehead atoms. The van der Waals surface area contributed by atoms with Crippen LogP contribution in [0.2, 0.25) is 0 Å². The Balaban J connectivity index is 1.77. The predicted octanol–water partition coefficient (Wildman–Crippen LogP) is 2.30. The van der Waals surface area contributed by atoms with E-state index in [0.29, 0.717) is 6.04 Å². The standard InChI is InChI=1S/C16H29N3O/c1-13(2)17-10-14-9-16(20-12-14)11-19-7-5-15(6-8-19)18(3)4/h9,12-13,15,17H,5-8,10-11H2,1-4H3.